The van der Waals surface area contributed by atoms with Crippen LogP contribution in [0.5, 0.6) is 5.75 Å². The first-order valence-electron chi connectivity index (χ1n) is 11.5. The number of amides is 1. The number of carbonyl (C=O) groups excluding carboxylic acids is 1. The molecule has 4 nitrogen and oxygen atoms in total. The molecule has 5 heteroatoms. The maximum atomic E-state index is 14.3. The van der Waals surface area contributed by atoms with Crippen LogP contribution in [0.1, 0.15) is 39.9 Å². The minimum atomic E-state index is -0.244. The molecule has 33 heavy (non-hydrogen) atoms. The second-order valence-electron chi connectivity index (χ2n) is 9.27. The van der Waals surface area contributed by atoms with Gasteiger partial charge in [0.15, 0.2) is 0 Å². The zero-order chi connectivity index (χ0) is 23.0. The molecular formula is C28H29FN2O2. The molecule has 1 spiro atoms. The Hall–Kier alpha value is -3.18. The van der Waals surface area contributed by atoms with Crippen molar-refractivity contribution in [1.82, 2.24) is 4.90 Å². The van der Waals surface area contributed by atoms with Crippen molar-refractivity contribution in [2.45, 2.75) is 31.7 Å². The Morgan fingerprint density at radius 3 is 2.58 bits per heavy atom. The van der Waals surface area contributed by atoms with E-state index in [1.54, 1.807) is 25.3 Å². The van der Waals surface area contributed by atoms with Crippen molar-refractivity contribution in [2.75, 3.05) is 31.6 Å². The Balaban J connectivity index is 1.40. The van der Waals surface area contributed by atoms with Gasteiger partial charge >= 0.3 is 0 Å². The van der Waals surface area contributed by atoms with E-state index in [1.807, 2.05) is 23.1 Å². The Kier molecular flexibility index (Phi) is 5.67. The molecule has 0 bridgehead atoms. The molecule has 0 saturated carbocycles. The van der Waals surface area contributed by atoms with Gasteiger partial charge in [-0.15, -0.1) is 0 Å². The smallest absolute Gasteiger partial charge is 0.258 e. The lowest BCUT2D eigenvalue weighted by Gasteiger charge is -2.40. The van der Waals surface area contributed by atoms with E-state index in [0.29, 0.717) is 17.9 Å². The minimum absolute atomic E-state index is 0.0685. The SMILES string of the molecule is COc1cccc(C(=O)N2CC3(CCN(Cc4ccccc4C)CC3)c3cc(F)ccc32)c1. The fourth-order valence-corrected chi connectivity index (χ4v) is 5.33. The number of fused-ring (bicyclic) bond motifs is 2. The van der Waals surface area contributed by atoms with E-state index < -0.39 is 0 Å². The molecule has 1 saturated heterocycles. The van der Waals surface area contributed by atoms with Crippen LogP contribution < -0.4 is 9.64 Å². The Morgan fingerprint density at radius 1 is 1.03 bits per heavy atom. The van der Waals surface area contributed by atoms with Gasteiger partial charge in [0, 0.05) is 29.8 Å². The summed E-state index contributed by atoms with van der Waals surface area (Å²) in [7, 11) is 1.59. The molecule has 5 rings (SSSR count). The molecule has 170 valence electrons. The van der Waals surface area contributed by atoms with Gasteiger partial charge < -0.3 is 9.64 Å². The van der Waals surface area contributed by atoms with Crippen LogP contribution in [0.3, 0.4) is 0 Å². The molecule has 1 fully saturated rings. The molecule has 3 aromatic carbocycles. The van der Waals surface area contributed by atoms with Crippen LogP contribution in [-0.2, 0) is 12.0 Å². The first-order chi connectivity index (χ1) is 16.0. The lowest BCUT2D eigenvalue weighted by molar-refractivity contribution is 0.0975. The zero-order valence-electron chi connectivity index (χ0n) is 19.2. The van der Waals surface area contributed by atoms with Gasteiger partial charge in [-0.1, -0.05) is 30.3 Å². The molecule has 2 aliphatic heterocycles. The Bertz CT molecular complexity index is 1180. The fourth-order valence-electron chi connectivity index (χ4n) is 5.33. The third-order valence-electron chi connectivity index (χ3n) is 7.31. The normalized spacial score (nSPS) is 17.2. The number of hydrogen-bond donors (Lipinski definition) is 0. The first kappa shape index (κ1) is 21.7. The second kappa shape index (κ2) is 8.64. The van der Waals surface area contributed by atoms with Crippen LogP contribution in [-0.4, -0.2) is 37.6 Å². The third kappa shape index (κ3) is 4.02. The highest BCUT2D eigenvalue weighted by molar-refractivity contribution is 6.08. The number of ether oxygens (including phenoxy) is 1. The predicted octanol–water partition coefficient (Wildman–Crippen LogP) is 5.34. The van der Waals surface area contributed by atoms with Crippen LogP contribution in [0.15, 0.2) is 66.7 Å². The maximum Gasteiger partial charge on any atom is 0.258 e. The van der Waals surface area contributed by atoms with Crippen molar-refractivity contribution in [2.24, 2.45) is 0 Å². The highest BCUT2D eigenvalue weighted by Gasteiger charge is 2.46. The number of rotatable bonds is 4. The van der Waals surface area contributed by atoms with Crippen molar-refractivity contribution >= 4 is 11.6 Å². The second-order valence-corrected chi connectivity index (χ2v) is 9.27. The van der Waals surface area contributed by atoms with E-state index in [1.165, 1.54) is 17.2 Å². The molecule has 0 aromatic heterocycles. The Labute approximate surface area is 194 Å². The van der Waals surface area contributed by atoms with E-state index in [0.717, 1.165) is 43.7 Å². The van der Waals surface area contributed by atoms with Gasteiger partial charge in [0.2, 0.25) is 0 Å². The van der Waals surface area contributed by atoms with Gasteiger partial charge in [-0.25, -0.2) is 4.39 Å². The number of carbonyl (C=O) groups is 1. The molecule has 1 amide bonds. The maximum absolute atomic E-state index is 14.3. The van der Waals surface area contributed by atoms with E-state index >= 15 is 0 Å². The molecule has 0 unspecified atom stereocenters. The van der Waals surface area contributed by atoms with Crippen LogP contribution >= 0.6 is 0 Å². The number of anilines is 1. The lowest BCUT2D eigenvalue weighted by Crippen LogP contribution is -2.45. The molecule has 0 N–H and O–H groups in total. The summed E-state index contributed by atoms with van der Waals surface area (Å²) in [5.41, 5.74) is 4.82. The molecule has 3 aromatic rings. The van der Waals surface area contributed by atoms with E-state index in [4.69, 9.17) is 4.74 Å². The summed E-state index contributed by atoms with van der Waals surface area (Å²) in [6, 6.07) is 20.6. The van der Waals surface area contributed by atoms with Crippen LogP contribution in [0, 0.1) is 12.7 Å². The van der Waals surface area contributed by atoms with Crippen LogP contribution in [0.4, 0.5) is 10.1 Å². The van der Waals surface area contributed by atoms with Crippen molar-refractivity contribution < 1.29 is 13.9 Å². The Morgan fingerprint density at radius 2 is 1.82 bits per heavy atom. The van der Waals surface area contributed by atoms with Gasteiger partial charge in [-0.3, -0.25) is 9.69 Å². The summed E-state index contributed by atoms with van der Waals surface area (Å²) in [5.74, 6) is 0.339. The molecule has 2 aliphatic rings. The van der Waals surface area contributed by atoms with Gasteiger partial charge in [0.25, 0.3) is 5.91 Å². The largest absolute Gasteiger partial charge is 0.497 e. The van der Waals surface area contributed by atoms with Crippen LogP contribution in [0.2, 0.25) is 0 Å². The van der Waals surface area contributed by atoms with Crippen molar-refractivity contribution in [3.8, 4) is 5.75 Å². The minimum Gasteiger partial charge on any atom is -0.497 e. The third-order valence-corrected chi connectivity index (χ3v) is 7.31. The number of piperidine rings is 1. The fraction of sp³-hybridized carbons (Fsp3) is 0.321. The summed E-state index contributed by atoms with van der Waals surface area (Å²) >= 11 is 0. The van der Waals surface area contributed by atoms with Gasteiger partial charge in [0.05, 0.1) is 7.11 Å². The van der Waals surface area contributed by atoms with Crippen molar-refractivity contribution in [3.63, 3.8) is 0 Å². The zero-order valence-corrected chi connectivity index (χ0v) is 19.2. The topological polar surface area (TPSA) is 32.8 Å². The number of halogens is 1. The number of methoxy groups -OCH3 is 1. The van der Waals surface area contributed by atoms with Gasteiger partial charge in [-0.2, -0.15) is 0 Å². The summed E-state index contributed by atoms with van der Waals surface area (Å²) in [5, 5.41) is 0. The van der Waals surface area contributed by atoms with Crippen molar-refractivity contribution in [3.05, 3.63) is 94.8 Å². The van der Waals surface area contributed by atoms with Crippen LogP contribution in [0.25, 0.3) is 0 Å². The number of nitrogens with zero attached hydrogens (tertiary/aromatic N) is 2. The van der Waals surface area contributed by atoms with E-state index in [2.05, 4.69) is 36.1 Å². The number of benzene rings is 3. The summed E-state index contributed by atoms with van der Waals surface area (Å²) in [4.78, 5) is 17.8. The highest BCUT2D eigenvalue weighted by Crippen LogP contribution is 2.48. The van der Waals surface area contributed by atoms with E-state index in [9.17, 15) is 9.18 Å². The number of likely N-dealkylation sites (tertiary alicyclic amines) is 1. The molecule has 0 aliphatic carbocycles. The predicted molar refractivity (Wildman–Crippen MR) is 128 cm³/mol. The average molecular weight is 445 g/mol. The molecule has 0 radical (unpaired) electrons. The summed E-state index contributed by atoms with van der Waals surface area (Å²) in [6.07, 6.45) is 1.80. The average Bonchev–Trinajstić information content (AvgIpc) is 3.14. The highest BCUT2D eigenvalue weighted by atomic mass is 19.1. The van der Waals surface area contributed by atoms with Gasteiger partial charge in [0.1, 0.15) is 11.6 Å². The lowest BCUT2D eigenvalue weighted by atomic mass is 9.74. The molecular weight excluding hydrogens is 415 g/mol. The monoisotopic (exact) mass is 444 g/mol. The number of hydrogen-bond acceptors (Lipinski definition) is 3. The van der Waals surface area contributed by atoms with Gasteiger partial charge in [-0.05, 0) is 85.9 Å². The molecule has 0 atom stereocenters. The standard InChI is InChI=1S/C28H29FN2O2/c1-20-6-3-4-7-22(20)18-30-14-12-28(13-15-30)19-31(26-11-10-23(29)17-25(26)28)27(32)21-8-5-9-24(16-21)33-2/h3-11,16-17H,12-15,18-19H2,1-2H3. The quantitative estimate of drug-likeness (QED) is 0.545. The summed E-state index contributed by atoms with van der Waals surface area (Å²) < 4.78 is 19.6. The van der Waals surface area contributed by atoms with E-state index in [-0.39, 0.29) is 17.1 Å². The molecule has 2 heterocycles. The van der Waals surface area contributed by atoms with Crippen molar-refractivity contribution in [1.29, 1.82) is 0 Å². The number of aryl methyl sites for hydroxylation is 1. The first-order valence-corrected chi connectivity index (χ1v) is 11.5. The summed E-state index contributed by atoms with van der Waals surface area (Å²) in [6.45, 7) is 5.50.